The molecule has 2 amide bonds. The van der Waals surface area contributed by atoms with Crippen molar-refractivity contribution in [2.75, 3.05) is 20.2 Å². The molecule has 11 nitrogen and oxygen atoms in total. The van der Waals surface area contributed by atoms with E-state index in [-0.39, 0.29) is 29.7 Å². The van der Waals surface area contributed by atoms with Crippen molar-refractivity contribution in [3.63, 3.8) is 0 Å². The summed E-state index contributed by atoms with van der Waals surface area (Å²) in [6.45, 7) is 6.66. The Balaban J connectivity index is 1.26. The van der Waals surface area contributed by atoms with Crippen LogP contribution in [0, 0.1) is 6.92 Å². The Kier molecular flexibility index (Phi) is 9.19. The fraction of sp³-hybridized carbons (Fsp3) is 0.512. The number of ether oxygens (including phenoxy) is 2. The maximum atomic E-state index is 14.8. The van der Waals surface area contributed by atoms with Gasteiger partial charge in [-0.25, -0.2) is 13.1 Å². The number of rotatable bonds is 8. The van der Waals surface area contributed by atoms with Crippen LogP contribution in [-0.4, -0.2) is 77.1 Å². The first-order valence-corrected chi connectivity index (χ1v) is 21.7. The minimum atomic E-state index is -3.84. The van der Waals surface area contributed by atoms with Crippen molar-refractivity contribution in [1.29, 1.82) is 0 Å². The smallest absolute Gasteiger partial charge is 0.264 e. The number of morpholine rings is 1. The van der Waals surface area contributed by atoms with Gasteiger partial charge in [0, 0.05) is 35.1 Å². The third-order valence-corrected chi connectivity index (χ3v) is 14.5. The number of carbonyl (C=O) groups is 2. The van der Waals surface area contributed by atoms with E-state index in [1.807, 2.05) is 30.0 Å². The lowest BCUT2D eigenvalue weighted by molar-refractivity contribution is -0.0304. The minimum absolute atomic E-state index is 0.0000811. The number of aryl methyl sites for hydroxylation is 1. The Bertz CT molecular complexity index is 2330. The Hall–Kier alpha value is -4.42. The minimum Gasteiger partial charge on any atom is -0.497 e. The molecule has 2 atom stereocenters. The van der Waals surface area contributed by atoms with E-state index in [1.54, 1.807) is 27.0 Å². The topological polar surface area (TPSA) is 125 Å². The number of carbonyl (C=O) groups excluding carboxylic acids is 2. The quantitative estimate of drug-likeness (QED) is 0.196. The van der Waals surface area contributed by atoms with Gasteiger partial charge in [-0.05, 0) is 125 Å². The summed E-state index contributed by atoms with van der Waals surface area (Å²) in [7, 11) is -2.16. The van der Waals surface area contributed by atoms with E-state index in [9.17, 15) is 18.0 Å². The van der Waals surface area contributed by atoms with Crippen molar-refractivity contribution in [1.82, 2.24) is 24.0 Å². The van der Waals surface area contributed by atoms with E-state index in [2.05, 4.69) is 32.2 Å². The highest BCUT2D eigenvalue weighted by atomic mass is 32.2. The molecule has 4 aromatic rings. The van der Waals surface area contributed by atoms with Gasteiger partial charge in [-0.1, -0.05) is 25.3 Å². The third-order valence-electron chi connectivity index (χ3n) is 12.8. The highest BCUT2D eigenvalue weighted by Crippen LogP contribution is 2.49. The van der Waals surface area contributed by atoms with Gasteiger partial charge >= 0.3 is 0 Å². The van der Waals surface area contributed by atoms with Crippen LogP contribution in [0.3, 0.4) is 0 Å². The number of amides is 2. The lowest BCUT2D eigenvalue weighted by atomic mass is 9.81. The van der Waals surface area contributed by atoms with Crippen LogP contribution >= 0.6 is 0 Å². The van der Waals surface area contributed by atoms with Crippen LogP contribution in [0.25, 0.3) is 33.8 Å². The summed E-state index contributed by atoms with van der Waals surface area (Å²) in [5.41, 5.74) is 8.76. The third kappa shape index (κ3) is 6.29. The van der Waals surface area contributed by atoms with Gasteiger partial charge in [-0.15, -0.1) is 0 Å². The lowest BCUT2D eigenvalue weighted by Gasteiger charge is -2.33. The molecule has 2 unspecified atom stereocenters. The normalized spacial score (nSPS) is 21.5. The Labute approximate surface area is 323 Å². The van der Waals surface area contributed by atoms with Crippen LogP contribution in [0.4, 0.5) is 0 Å². The average molecular weight is 766 g/mol. The number of nitrogens with one attached hydrogen (secondary N) is 1. The molecular formula is C43H51N5O6S. The number of benzene rings is 2. The molecule has 2 bridgehead atoms. The monoisotopic (exact) mass is 765 g/mol. The first-order chi connectivity index (χ1) is 26.5. The second kappa shape index (κ2) is 14.0. The lowest BCUT2D eigenvalue weighted by Crippen LogP contribution is -2.46. The van der Waals surface area contributed by atoms with Crippen LogP contribution in [0.2, 0.25) is 0 Å². The van der Waals surface area contributed by atoms with E-state index in [4.69, 9.17) is 14.6 Å². The molecule has 2 aliphatic carbocycles. The Morgan fingerprint density at radius 3 is 2.35 bits per heavy atom. The molecule has 3 aliphatic heterocycles. The average Bonchev–Trinajstić information content (AvgIpc) is 3.74. The van der Waals surface area contributed by atoms with Gasteiger partial charge in [0.1, 0.15) is 5.75 Å². The fourth-order valence-electron chi connectivity index (χ4n) is 9.58. The van der Waals surface area contributed by atoms with Crippen molar-refractivity contribution in [2.45, 2.75) is 121 Å². The molecule has 5 aliphatic rings. The SMILES string of the molecule is COc1ccc2c(c1)C=C(c1c(C(=O)N3CC4CCC(C3)O4)c(C)nn1C1CCC1)Cn1c-2c(C2CCCCC2)c2ccc(C(=O)NS(=O)(=O)C(C)C)cc21. The molecule has 5 heterocycles. The Morgan fingerprint density at radius 1 is 0.927 bits per heavy atom. The van der Waals surface area contributed by atoms with Crippen molar-refractivity contribution in [3.8, 4) is 17.0 Å². The van der Waals surface area contributed by atoms with Gasteiger partial charge < -0.3 is 18.9 Å². The number of allylic oxidation sites excluding steroid dienone is 1. The molecule has 290 valence electrons. The van der Waals surface area contributed by atoms with E-state index in [1.165, 1.54) is 12.0 Å². The van der Waals surface area contributed by atoms with Crippen LogP contribution in [-0.2, 0) is 21.3 Å². The Morgan fingerprint density at radius 2 is 1.67 bits per heavy atom. The molecule has 2 aromatic carbocycles. The fourth-order valence-corrected chi connectivity index (χ4v) is 10.2. The molecule has 2 aromatic heterocycles. The van der Waals surface area contributed by atoms with Crippen molar-refractivity contribution < 1.29 is 27.5 Å². The van der Waals surface area contributed by atoms with Crippen molar-refractivity contribution in [2.24, 2.45) is 0 Å². The number of hydrogen-bond acceptors (Lipinski definition) is 7. The highest BCUT2D eigenvalue weighted by Gasteiger charge is 2.40. The highest BCUT2D eigenvalue weighted by molar-refractivity contribution is 7.90. The van der Waals surface area contributed by atoms with E-state index < -0.39 is 21.2 Å². The number of fused-ring (bicyclic) bond motifs is 7. The van der Waals surface area contributed by atoms with Gasteiger partial charge in [0.05, 0.1) is 59.8 Å². The molecular weight excluding hydrogens is 715 g/mol. The van der Waals surface area contributed by atoms with Crippen LogP contribution in [0.5, 0.6) is 5.75 Å². The van der Waals surface area contributed by atoms with E-state index in [0.29, 0.717) is 31.1 Å². The predicted octanol–water partition coefficient (Wildman–Crippen LogP) is 7.62. The van der Waals surface area contributed by atoms with Crippen molar-refractivity contribution in [3.05, 3.63) is 70.0 Å². The summed E-state index contributed by atoms with van der Waals surface area (Å²) in [4.78, 5) is 30.4. The summed E-state index contributed by atoms with van der Waals surface area (Å²) < 4.78 is 44.3. The summed E-state index contributed by atoms with van der Waals surface area (Å²) in [6, 6.07) is 12.0. The largest absolute Gasteiger partial charge is 0.497 e. The zero-order valence-corrected chi connectivity index (χ0v) is 33.1. The molecule has 9 rings (SSSR count). The molecule has 2 saturated carbocycles. The summed E-state index contributed by atoms with van der Waals surface area (Å²) >= 11 is 0. The summed E-state index contributed by atoms with van der Waals surface area (Å²) in [5, 5.41) is 5.45. The number of aromatic nitrogens is 3. The molecule has 55 heavy (non-hydrogen) atoms. The second-order valence-corrected chi connectivity index (χ2v) is 18.8. The van der Waals surface area contributed by atoms with Crippen LogP contribution < -0.4 is 9.46 Å². The number of nitrogens with zero attached hydrogens (tertiary/aromatic N) is 4. The number of likely N-dealkylation sites (tertiary alicyclic amines) is 1. The number of sulfonamides is 1. The first-order valence-electron chi connectivity index (χ1n) is 20.2. The molecule has 2 saturated heterocycles. The summed E-state index contributed by atoms with van der Waals surface area (Å²) in [5.74, 6) is 0.416. The zero-order valence-electron chi connectivity index (χ0n) is 32.3. The van der Waals surface area contributed by atoms with Gasteiger partial charge in [-0.3, -0.25) is 14.3 Å². The van der Waals surface area contributed by atoms with Crippen molar-refractivity contribution >= 4 is 44.4 Å². The molecule has 4 fully saturated rings. The molecule has 0 spiro atoms. The first kappa shape index (κ1) is 36.2. The standard InChI is InChI=1S/C43H51N5O6S/c1-25(2)55(51,52)45-42(49)28-13-17-36-37(21-28)47-22-30(19-29-20-32(53-4)16-18-35(29)41(47)39(36)27-9-6-5-7-10-27)40-38(26(3)44-48(40)31-11-8-12-31)43(50)46-23-33-14-15-34(24-46)54-33/h13,16-21,25,27,31,33-34H,5-12,14-15,22-24H2,1-4H3,(H,45,49). The van der Waals surface area contributed by atoms with Gasteiger partial charge in [-0.2, -0.15) is 5.10 Å². The molecule has 12 heteroatoms. The number of hydrogen-bond donors (Lipinski definition) is 1. The maximum absolute atomic E-state index is 14.8. The van der Waals surface area contributed by atoms with Crippen LogP contribution in [0.15, 0.2) is 36.4 Å². The van der Waals surface area contributed by atoms with Gasteiger partial charge in [0.25, 0.3) is 11.8 Å². The van der Waals surface area contributed by atoms with E-state index in [0.717, 1.165) is 108 Å². The van der Waals surface area contributed by atoms with Gasteiger partial charge in [0.15, 0.2) is 0 Å². The van der Waals surface area contributed by atoms with Crippen LogP contribution in [0.1, 0.15) is 133 Å². The predicted molar refractivity (Wildman–Crippen MR) is 213 cm³/mol. The molecule has 1 N–H and O–H groups in total. The zero-order chi connectivity index (χ0) is 38.2. The maximum Gasteiger partial charge on any atom is 0.264 e. The second-order valence-electron chi connectivity index (χ2n) is 16.6. The number of methoxy groups -OCH3 is 1. The van der Waals surface area contributed by atoms with Gasteiger partial charge in [0.2, 0.25) is 10.0 Å². The summed E-state index contributed by atoms with van der Waals surface area (Å²) in [6.07, 6.45) is 13.1. The molecule has 0 radical (unpaired) electrons. The van der Waals surface area contributed by atoms with E-state index >= 15 is 0 Å².